The highest BCUT2D eigenvalue weighted by atomic mass is 16.7. The van der Waals surface area contributed by atoms with Crippen LogP contribution < -0.4 is 20.1 Å². The molecule has 9 atom stereocenters. The predicted octanol–water partition coefficient (Wildman–Crippen LogP) is 5.43. The molecular weight excluding hydrogens is 825 g/mol. The van der Waals surface area contributed by atoms with Crippen molar-refractivity contribution in [3.8, 4) is 11.5 Å². The molecule has 374 valence electrons. The summed E-state index contributed by atoms with van der Waals surface area (Å²) in [5.41, 5.74) is 0.510. The minimum atomic E-state index is -1.80. The zero-order chi connectivity index (χ0) is 46.8. The van der Waals surface area contributed by atoms with E-state index in [0.717, 1.165) is 51.4 Å². The molecule has 1 heterocycles. The number of hydrogen-bond acceptors (Lipinski definition) is 14. The molecule has 2 rings (SSSR count). The van der Waals surface area contributed by atoms with Crippen LogP contribution >= 0.6 is 0 Å². The predicted molar refractivity (Wildman–Crippen MR) is 249 cm³/mol. The van der Waals surface area contributed by atoms with Gasteiger partial charge in [-0.2, -0.15) is 0 Å². The molecule has 1 aliphatic heterocycles. The lowest BCUT2D eigenvalue weighted by molar-refractivity contribution is -0.327. The summed E-state index contributed by atoms with van der Waals surface area (Å²) in [4.78, 5) is 13.3. The molecule has 0 aromatic heterocycles. The molecule has 1 saturated heterocycles. The van der Waals surface area contributed by atoms with Crippen LogP contribution in [0.2, 0.25) is 0 Å². The molecule has 1 aromatic carbocycles. The smallest absolute Gasteiger partial charge is 0.251 e. The first-order valence-electron chi connectivity index (χ1n) is 25.1. The Kier molecular flexibility index (Phi) is 33.4. The summed E-state index contributed by atoms with van der Waals surface area (Å²) in [5, 5.41) is 87.1. The molecule has 1 aliphatic rings. The fourth-order valence-electron chi connectivity index (χ4n) is 7.89. The average Bonchev–Trinajstić information content (AvgIpc) is 3.30. The molecule has 15 nitrogen and oxygen atoms in total. The lowest BCUT2D eigenvalue weighted by Crippen LogP contribution is -2.61. The van der Waals surface area contributed by atoms with Crippen LogP contribution in [0, 0.1) is 0 Å². The van der Waals surface area contributed by atoms with Gasteiger partial charge in [-0.25, -0.2) is 0 Å². The number of hydrogen-bond donors (Lipinski definition) is 10. The Bertz CT molecular complexity index is 1230. The first-order valence-corrected chi connectivity index (χ1v) is 25.1. The fourth-order valence-corrected chi connectivity index (χ4v) is 7.89. The molecule has 0 radical (unpaired) electrons. The number of amides is 1. The number of benzene rings is 1. The molecule has 1 aromatic rings. The van der Waals surface area contributed by atoms with Gasteiger partial charge in [-0.05, 0) is 44.4 Å². The van der Waals surface area contributed by atoms with Gasteiger partial charge in [0.2, 0.25) is 0 Å². The minimum absolute atomic E-state index is 0.0864. The Morgan fingerprint density at radius 1 is 0.609 bits per heavy atom. The Labute approximate surface area is 384 Å². The first-order chi connectivity index (χ1) is 31.1. The molecule has 0 saturated carbocycles. The summed E-state index contributed by atoms with van der Waals surface area (Å²) in [6.45, 7) is 5.05. The van der Waals surface area contributed by atoms with Crippen molar-refractivity contribution in [2.45, 2.75) is 223 Å². The molecular formula is C49H90N2O13. The van der Waals surface area contributed by atoms with E-state index in [0.29, 0.717) is 43.4 Å². The van der Waals surface area contributed by atoms with Crippen molar-refractivity contribution < 1.29 is 64.6 Å². The molecule has 1 fully saturated rings. The summed E-state index contributed by atoms with van der Waals surface area (Å²) >= 11 is 0. The second-order valence-electron chi connectivity index (χ2n) is 17.7. The van der Waals surface area contributed by atoms with Gasteiger partial charge in [0.15, 0.2) is 6.29 Å². The third kappa shape index (κ3) is 24.6. The number of aliphatic hydroxyl groups excluding tert-OH is 8. The van der Waals surface area contributed by atoms with Crippen LogP contribution in [0.5, 0.6) is 11.5 Å². The van der Waals surface area contributed by atoms with E-state index < -0.39 is 68.3 Å². The van der Waals surface area contributed by atoms with Crippen LogP contribution in [0.4, 0.5) is 0 Å². The summed E-state index contributed by atoms with van der Waals surface area (Å²) in [6, 6.07) is 5.49. The van der Waals surface area contributed by atoms with Crippen molar-refractivity contribution in [2.75, 3.05) is 46.1 Å². The first kappa shape index (κ1) is 58.0. The van der Waals surface area contributed by atoms with E-state index in [1.807, 2.05) is 6.07 Å². The number of carbonyl (C=O) groups excluding carboxylic acids is 1. The Morgan fingerprint density at radius 3 is 1.56 bits per heavy atom. The molecule has 0 unspecified atom stereocenters. The van der Waals surface area contributed by atoms with E-state index in [1.54, 1.807) is 12.1 Å². The number of ether oxygens (including phenoxy) is 4. The summed E-state index contributed by atoms with van der Waals surface area (Å²) in [5.74, 6) is 1.11. The van der Waals surface area contributed by atoms with E-state index in [1.165, 1.54) is 103 Å². The standard InChI is InChI=1S/C49H90N2O13/c1-3-5-7-9-11-13-15-17-21-25-29-61-38-31-37(32-39(33-38)62-30-26-22-18-16-14-12-10-8-6-4-2)48(60)51-28-24-20-19-23-27-50-34-40(54)43(56)47(41(55)35-52)64-49-46(59)45(58)44(57)42(36-53)63-49/h31-33,40-47,49-50,52-59H,3-30,34-36H2,1-2H3,(H,51,60)/t40-,41+,42+,43+,44+,45-,46+,47+,49-/m0/s1. The van der Waals surface area contributed by atoms with Gasteiger partial charge in [-0.15, -0.1) is 0 Å². The third-order valence-corrected chi connectivity index (χ3v) is 12.0. The van der Waals surface area contributed by atoms with E-state index in [-0.39, 0.29) is 12.5 Å². The van der Waals surface area contributed by atoms with Crippen LogP contribution in [0.15, 0.2) is 18.2 Å². The van der Waals surface area contributed by atoms with Crippen molar-refractivity contribution in [3.63, 3.8) is 0 Å². The Morgan fingerprint density at radius 2 is 1.08 bits per heavy atom. The summed E-state index contributed by atoms with van der Waals surface area (Å²) in [6.07, 6.45) is 13.5. The molecule has 1 amide bonds. The maximum absolute atomic E-state index is 13.3. The Balaban J connectivity index is 1.75. The fraction of sp³-hybridized carbons (Fsp3) is 0.857. The van der Waals surface area contributed by atoms with Crippen LogP contribution in [0.3, 0.4) is 0 Å². The summed E-state index contributed by atoms with van der Waals surface area (Å²) in [7, 11) is 0. The van der Waals surface area contributed by atoms with E-state index in [9.17, 15) is 45.6 Å². The van der Waals surface area contributed by atoms with Gasteiger partial charge in [-0.3, -0.25) is 4.79 Å². The van der Waals surface area contributed by atoms with Crippen molar-refractivity contribution >= 4 is 5.91 Å². The van der Waals surface area contributed by atoms with E-state index in [2.05, 4.69) is 24.5 Å². The Hall–Kier alpha value is -2.15. The zero-order valence-electron chi connectivity index (χ0n) is 39.5. The largest absolute Gasteiger partial charge is 0.493 e. The quantitative estimate of drug-likeness (QED) is 0.0369. The van der Waals surface area contributed by atoms with E-state index >= 15 is 0 Å². The van der Waals surface area contributed by atoms with Crippen LogP contribution in [-0.2, 0) is 9.47 Å². The van der Waals surface area contributed by atoms with Gasteiger partial charge in [0.05, 0.1) is 32.5 Å². The highest BCUT2D eigenvalue weighted by Gasteiger charge is 2.46. The molecule has 0 bridgehead atoms. The van der Waals surface area contributed by atoms with Crippen molar-refractivity contribution in [1.82, 2.24) is 10.6 Å². The second-order valence-corrected chi connectivity index (χ2v) is 17.7. The van der Waals surface area contributed by atoms with Crippen molar-refractivity contribution in [1.29, 1.82) is 0 Å². The lowest BCUT2D eigenvalue weighted by atomic mass is 9.98. The van der Waals surface area contributed by atoms with Gasteiger partial charge in [-0.1, -0.05) is 142 Å². The second kappa shape index (κ2) is 36.9. The number of aliphatic hydroxyl groups is 8. The number of carbonyl (C=O) groups is 1. The van der Waals surface area contributed by atoms with Crippen molar-refractivity contribution in [2.24, 2.45) is 0 Å². The lowest BCUT2D eigenvalue weighted by Gasteiger charge is -2.42. The highest BCUT2D eigenvalue weighted by Crippen LogP contribution is 2.26. The maximum atomic E-state index is 13.3. The highest BCUT2D eigenvalue weighted by molar-refractivity contribution is 5.95. The van der Waals surface area contributed by atoms with Gasteiger partial charge >= 0.3 is 0 Å². The number of nitrogens with one attached hydrogen (secondary N) is 2. The zero-order valence-corrected chi connectivity index (χ0v) is 39.5. The van der Waals surface area contributed by atoms with Crippen LogP contribution in [0.25, 0.3) is 0 Å². The molecule has 10 N–H and O–H groups in total. The number of rotatable bonds is 41. The summed E-state index contributed by atoms with van der Waals surface area (Å²) < 4.78 is 23.1. The average molecular weight is 915 g/mol. The van der Waals surface area contributed by atoms with Crippen molar-refractivity contribution in [3.05, 3.63) is 23.8 Å². The normalized spacial score (nSPS) is 20.8. The third-order valence-electron chi connectivity index (χ3n) is 12.0. The maximum Gasteiger partial charge on any atom is 0.251 e. The van der Waals surface area contributed by atoms with Crippen LogP contribution in [-0.4, -0.2) is 148 Å². The molecule has 0 aliphatic carbocycles. The monoisotopic (exact) mass is 915 g/mol. The van der Waals surface area contributed by atoms with Gasteiger partial charge in [0.25, 0.3) is 5.91 Å². The van der Waals surface area contributed by atoms with Crippen LogP contribution in [0.1, 0.15) is 178 Å². The SMILES string of the molecule is CCCCCCCCCCCCOc1cc(OCCCCCCCCCCCC)cc(C(=O)NCCCCCCNC[C@H](O)[C@@H](O)[C@H](O[C@@H]2O[C@H](CO)[C@@H](O)[C@H](O)[C@H]2O)[C@H](O)CO)c1. The van der Waals surface area contributed by atoms with Gasteiger partial charge in [0.1, 0.15) is 54.2 Å². The molecule has 0 spiro atoms. The van der Waals surface area contributed by atoms with E-state index in [4.69, 9.17) is 18.9 Å². The topological polar surface area (TPSA) is 240 Å². The molecule has 15 heteroatoms. The molecule has 64 heavy (non-hydrogen) atoms. The van der Waals surface area contributed by atoms with Gasteiger partial charge in [0, 0.05) is 24.7 Å². The minimum Gasteiger partial charge on any atom is -0.493 e. The number of unbranched alkanes of at least 4 members (excludes halogenated alkanes) is 21. The van der Waals surface area contributed by atoms with Gasteiger partial charge < -0.3 is 70.4 Å².